The van der Waals surface area contributed by atoms with Crippen LogP contribution in [0.2, 0.25) is 0 Å². The van der Waals surface area contributed by atoms with E-state index in [1.54, 1.807) is 0 Å². The third-order valence-corrected chi connectivity index (χ3v) is 3.71. The lowest BCUT2D eigenvalue weighted by Crippen LogP contribution is -2.01. The number of nitrogens with two attached hydrogens (primary N) is 1. The molecule has 1 fully saturated rings. The monoisotopic (exact) mass is 182 g/mol. The molecule has 2 atom stereocenters. The van der Waals surface area contributed by atoms with Crippen LogP contribution in [0, 0.1) is 19.8 Å². The maximum absolute atomic E-state index is 5.60. The lowest BCUT2D eigenvalue weighted by atomic mass is 10.2. The van der Waals surface area contributed by atoms with Crippen LogP contribution in [-0.2, 0) is 0 Å². The molecule has 1 saturated carbocycles. The first-order valence-corrected chi connectivity index (χ1v) is 5.18. The van der Waals surface area contributed by atoms with Crippen molar-refractivity contribution < 1.29 is 0 Å². The fraction of sp³-hybridized carbons (Fsp3) is 0.667. The smallest absolute Gasteiger partial charge is 0.0900 e. The molecule has 1 aromatic heterocycles. The van der Waals surface area contributed by atoms with E-state index in [0.717, 1.165) is 18.4 Å². The van der Waals surface area contributed by atoms with Crippen molar-refractivity contribution in [1.82, 2.24) is 4.98 Å². The standard InChI is InChI=1S/C9H14N2S/c1-5-9(12-6(2)11-5)8-3-7(8)4-10/h7-8H,3-4,10H2,1-2H3. The largest absolute Gasteiger partial charge is 0.330 e. The molecular formula is C9H14N2S. The molecule has 2 rings (SSSR count). The summed E-state index contributed by atoms with van der Waals surface area (Å²) in [5.74, 6) is 1.48. The normalized spacial score (nSPS) is 27.6. The van der Waals surface area contributed by atoms with Gasteiger partial charge in [0.2, 0.25) is 0 Å². The summed E-state index contributed by atoms with van der Waals surface area (Å²) in [6.07, 6.45) is 1.28. The van der Waals surface area contributed by atoms with Crippen LogP contribution in [0.4, 0.5) is 0 Å². The number of nitrogens with zero attached hydrogens (tertiary/aromatic N) is 1. The van der Waals surface area contributed by atoms with Gasteiger partial charge in [-0.3, -0.25) is 0 Å². The van der Waals surface area contributed by atoms with E-state index in [9.17, 15) is 0 Å². The van der Waals surface area contributed by atoms with Gasteiger partial charge in [-0.15, -0.1) is 11.3 Å². The molecule has 0 aromatic carbocycles. The van der Waals surface area contributed by atoms with Gasteiger partial charge in [0, 0.05) is 4.88 Å². The zero-order chi connectivity index (χ0) is 8.72. The van der Waals surface area contributed by atoms with Gasteiger partial charge in [-0.2, -0.15) is 0 Å². The molecule has 1 heterocycles. The summed E-state index contributed by atoms with van der Waals surface area (Å²) in [5.41, 5.74) is 6.82. The molecule has 2 unspecified atom stereocenters. The second-order valence-corrected chi connectivity index (χ2v) is 4.76. The SMILES string of the molecule is Cc1nc(C)c(C2CC2CN)s1. The van der Waals surface area contributed by atoms with Gasteiger partial charge in [0.15, 0.2) is 0 Å². The average molecular weight is 182 g/mol. The van der Waals surface area contributed by atoms with Crippen LogP contribution in [0.3, 0.4) is 0 Å². The Morgan fingerprint density at radius 2 is 2.33 bits per heavy atom. The molecular weight excluding hydrogens is 168 g/mol. The van der Waals surface area contributed by atoms with Crippen LogP contribution in [0.1, 0.15) is 27.9 Å². The van der Waals surface area contributed by atoms with Crippen LogP contribution >= 0.6 is 11.3 Å². The van der Waals surface area contributed by atoms with Crippen LogP contribution < -0.4 is 5.73 Å². The van der Waals surface area contributed by atoms with Crippen molar-refractivity contribution in [1.29, 1.82) is 0 Å². The van der Waals surface area contributed by atoms with Gasteiger partial charge in [0.1, 0.15) is 0 Å². The topological polar surface area (TPSA) is 38.9 Å². The highest BCUT2D eigenvalue weighted by molar-refractivity contribution is 7.11. The minimum atomic E-state index is 0.737. The van der Waals surface area contributed by atoms with E-state index in [-0.39, 0.29) is 0 Å². The summed E-state index contributed by atoms with van der Waals surface area (Å²) in [5, 5.41) is 1.19. The minimum absolute atomic E-state index is 0.737. The fourth-order valence-electron chi connectivity index (χ4n) is 1.72. The molecule has 1 aromatic rings. The molecule has 1 aliphatic rings. The van der Waals surface area contributed by atoms with Crippen molar-refractivity contribution >= 4 is 11.3 Å². The summed E-state index contributed by atoms with van der Waals surface area (Å²) < 4.78 is 0. The van der Waals surface area contributed by atoms with Crippen molar-refractivity contribution in [3.63, 3.8) is 0 Å². The number of aromatic nitrogens is 1. The van der Waals surface area contributed by atoms with Gasteiger partial charge in [0.25, 0.3) is 0 Å². The second-order valence-electron chi connectivity index (χ2n) is 3.52. The van der Waals surface area contributed by atoms with E-state index in [2.05, 4.69) is 18.8 Å². The maximum Gasteiger partial charge on any atom is 0.0900 e. The van der Waals surface area contributed by atoms with E-state index in [1.807, 2.05) is 11.3 Å². The first kappa shape index (κ1) is 8.20. The summed E-state index contributed by atoms with van der Waals surface area (Å²) >= 11 is 1.84. The van der Waals surface area contributed by atoms with Gasteiger partial charge in [-0.1, -0.05) is 0 Å². The predicted octanol–water partition coefficient (Wildman–Crippen LogP) is 1.82. The molecule has 2 N–H and O–H groups in total. The number of hydrogen-bond acceptors (Lipinski definition) is 3. The van der Waals surface area contributed by atoms with Gasteiger partial charge in [-0.25, -0.2) is 4.98 Å². The molecule has 0 bridgehead atoms. The van der Waals surface area contributed by atoms with Crippen LogP contribution in [0.5, 0.6) is 0 Å². The maximum atomic E-state index is 5.60. The number of hydrogen-bond donors (Lipinski definition) is 1. The molecule has 0 radical (unpaired) electrons. The highest BCUT2D eigenvalue weighted by Crippen LogP contribution is 2.49. The second kappa shape index (κ2) is 2.82. The highest BCUT2D eigenvalue weighted by Gasteiger charge is 2.39. The Labute approximate surface area is 76.8 Å². The minimum Gasteiger partial charge on any atom is -0.330 e. The van der Waals surface area contributed by atoms with Crippen molar-refractivity contribution in [3.8, 4) is 0 Å². The van der Waals surface area contributed by atoms with Crippen molar-refractivity contribution in [2.75, 3.05) is 6.54 Å². The lowest BCUT2D eigenvalue weighted by molar-refractivity contribution is 0.812. The summed E-state index contributed by atoms with van der Waals surface area (Å²) in [7, 11) is 0. The number of aryl methyl sites for hydroxylation is 2. The predicted molar refractivity (Wildman–Crippen MR) is 51.5 cm³/mol. The molecule has 12 heavy (non-hydrogen) atoms. The van der Waals surface area contributed by atoms with Crippen LogP contribution in [-0.4, -0.2) is 11.5 Å². The first-order chi connectivity index (χ1) is 5.72. The van der Waals surface area contributed by atoms with E-state index < -0.39 is 0 Å². The molecule has 3 heteroatoms. The molecule has 0 saturated heterocycles. The highest BCUT2D eigenvalue weighted by atomic mass is 32.1. The Bertz CT molecular complexity index is 293. The third kappa shape index (κ3) is 1.27. The van der Waals surface area contributed by atoms with Crippen molar-refractivity contribution in [2.24, 2.45) is 11.7 Å². The Hall–Kier alpha value is -0.410. The molecule has 0 aliphatic heterocycles. The molecule has 0 amide bonds. The molecule has 2 nitrogen and oxygen atoms in total. The fourth-order valence-corrected chi connectivity index (χ4v) is 2.85. The Morgan fingerprint density at radius 3 is 2.75 bits per heavy atom. The summed E-state index contributed by atoms with van der Waals surface area (Å²) in [6.45, 7) is 5.01. The zero-order valence-electron chi connectivity index (χ0n) is 7.50. The van der Waals surface area contributed by atoms with Crippen molar-refractivity contribution in [3.05, 3.63) is 15.6 Å². The van der Waals surface area contributed by atoms with Crippen LogP contribution in [0.15, 0.2) is 0 Å². The quantitative estimate of drug-likeness (QED) is 0.757. The van der Waals surface area contributed by atoms with Crippen molar-refractivity contribution in [2.45, 2.75) is 26.2 Å². The summed E-state index contributed by atoms with van der Waals surface area (Å²) in [6, 6.07) is 0. The van der Waals surface area contributed by atoms with Gasteiger partial charge < -0.3 is 5.73 Å². The van der Waals surface area contributed by atoms with Crippen LogP contribution in [0.25, 0.3) is 0 Å². The molecule has 0 spiro atoms. The Morgan fingerprint density at radius 1 is 1.58 bits per heavy atom. The molecule has 1 aliphatic carbocycles. The van der Waals surface area contributed by atoms with E-state index in [1.165, 1.54) is 22.0 Å². The van der Waals surface area contributed by atoms with E-state index >= 15 is 0 Å². The van der Waals surface area contributed by atoms with Gasteiger partial charge in [-0.05, 0) is 38.6 Å². The lowest BCUT2D eigenvalue weighted by Gasteiger charge is -1.93. The average Bonchev–Trinajstić information content (AvgIpc) is 2.72. The van der Waals surface area contributed by atoms with E-state index in [4.69, 9.17) is 5.73 Å². The summed E-state index contributed by atoms with van der Waals surface area (Å²) in [4.78, 5) is 5.89. The van der Waals surface area contributed by atoms with Gasteiger partial charge >= 0.3 is 0 Å². The zero-order valence-corrected chi connectivity index (χ0v) is 8.32. The third-order valence-electron chi connectivity index (χ3n) is 2.50. The Kier molecular flexibility index (Phi) is 1.93. The van der Waals surface area contributed by atoms with E-state index in [0.29, 0.717) is 0 Å². The molecule has 66 valence electrons. The number of rotatable bonds is 2. The first-order valence-electron chi connectivity index (χ1n) is 4.36. The van der Waals surface area contributed by atoms with Gasteiger partial charge in [0.05, 0.1) is 10.7 Å². The number of thiazole rings is 1. The Balaban J connectivity index is 2.19.